The maximum Gasteiger partial charge on any atom is 0.277 e. The van der Waals surface area contributed by atoms with Crippen molar-refractivity contribution in [2.45, 2.75) is 0 Å². The molecule has 0 saturated heterocycles. The number of benzene rings is 2. The van der Waals surface area contributed by atoms with Crippen molar-refractivity contribution in [2.75, 3.05) is 5.32 Å². The van der Waals surface area contributed by atoms with E-state index in [4.69, 9.17) is 16.0 Å². The smallest absolute Gasteiger partial charge is 0.277 e. The molecule has 2 N–H and O–H groups in total. The molecule has 0 unspecified atom stereocenters. The number of hydrogen-bond donors (Lipinski definition) is 2. The number of hydrogen-bond acceptors (Lipinski definition) is 4. The predicted molar refractivity (Wildman–Crippen MR) is 99.5 cm³/mol. The van der Waals surface area contributed by atoms with Gasteiger partial charge in [-0.2, -0.15) is 0 Å². The second-order valence-electron chi connectivity index (χ2n) is 5.57. The molecule has 0 saturated carbocycles. The number of aromatic amines is 1. The Morgan fingerprint density at radius 1 is 1.15 bits per heavy atom. The second-order valence-corrected chi connectivity index (χ2v) is 5.98. The number of H-pyrrole nitrogens is 1. The normalized spacial score (nSPS) is 10.8. The molecule has 26 heavy (non-hydrogen) atoms. The van der Waals surface area contributed by atoms with E-state index in [-0.39, 0.29) is 17.0 Å². The first-order valence-corrected chi connectivity index (χ1v) is 8.13. The van der Waals surface area contributed by atoms with Gasteiger partial charge in [-0.15, -0.1) is 0 Å². The van der Waals surface area contributed by atoms with Crippen molar-refractivity contribution in [1.82, 2.24) is 9.97 Å². The summed E-state index contributed by atoms with van der Waals surface area (Å²) in [5, 5.41) is 3.68. The Balaban J connectivity index is 1.60. The highest BCUT2D eigenvalue weighted by molar-refractivity contribution is 6.33. The molecular formula is C19H12ClN3O3. The minimum absolute atomic E-state index is 0.113. The van der Waals surface area contributed by atoms with E-state index in [1.54, 1.807) is 48.7 Å². The summed E-state index contributed by atoms with van der Waals surface area (Å²) in [6.45, 7) is 0. The third-order valence-corrected chi connectivity index (χ3v) is 4.19. The number of carbonyl (C=O) groups is 1. The fraction of sp³-hybridized carbons (Fsp3) is 0. The summed E-state index contributed by atoms with van der Waals surface area (Å²) in [5.74, 6) is -0.186. The number of fused-ring (bicyclic) bond motifs is 1. The van der Waals surface area contributed by atoms with Crippen LogP contribution < -0.4 is 10.7 Å². The van der Waals surface area contributed by atoms with Crippen molar-refractivity contribution in [3.05, 3.63) is 81.9 Å². The van der Waals surface area contributed by atoms with Crippen LogP contribution in [-0.2, 0) is 0 Å². The number of anilines is 1. The average molecular weight is 366 g/mol. The average Bonchev–Trinajstić information content (AvgIpc) is 3.13. The SMILES string of the molecule is O=C(Nc1ccc2[nH]ccc(=O)c2c1)c1coc(-c2ccccc2Cl)n1. The molecule has 0 spiro atoms. The van der Waals surface area contributed by atoms with Crippen molar-refractivity contribution in [3.63, 3.8) is 0 Å². The minimum Gasteiger partial charge on any atom is -0.444 e. The van der Waals surface area contributed by atoms with Gasteiger partial charge in [0.1, 0.15) is 6.26 Å². The van der Waals surface area contributed by atoms with Crippen molar-refractivity contribution in [1.29, 1.82) is 0 Å². The first-order chi connectivity index (χ1) is 12.6. The lowest BCUT2D eigenvalue weighted by molar-refractivity contribution is 0.102. The monoisotopic (exact) mass is 365 g/mol. The maximum absolute atomic E-state index is 12.4. The second kappa shape index (κ2) is 6.50. The van der Waals surface area contributed by atoms with E-state index >= 15 is 0 Å². The van der Waals surface area contributed by atoms with Gasteiger partial charge in [0.2, 0.25) is 5.89 Å². The molecule has 0 aliphatic rings. The van der Waals surface area contributed by atoms with Crippen LogP contribution in [0.1, 0.15) is 10.5 Å². The van der Waals surface area contributed by atoms with Crippen molar-refractivity contribution >= 4 is 34.1 Å². The topological polar surface area (TPSA) is 88.0 Å². The largest absolute Gasteiger partial charge is 0.444 e. The van der Waals surface area contributed by atoms with Crippen LogP contribution in [-0.4, -0.2) is 15.9 Å². The van der Waals surface area contributed by atoms with Gasteiger partial charge in [0, 0.05) is 28.9 Å². The molecule has 0 aliphatic carbocycles. The summed E-state index contributed by atoms with van der Waals surface area (Å²) in [7, 11) is 0. The summed E-state index contributed by atoms with van der Waals surface area (Å²) in [4.78, 5) is 31.5. The van der Waals surface area contributed by atoms with Gasteiger partial charge in [-0.3, -0.25) is 9.59 Å². The number of amides is 1. The highest BCUT2D eigenvalue weighted by atomic mass is 35.5. The molecule has 4 aromatic rings. The van der Waals surface area contributed by atoms with Gasteiger partial charge in [-0.25, -0.2) is 4.98 Å². The van der Waals surface area contributed by atoms with E-state index in [2.05, 4.69) is 15.3 Å². The Kier molecular flexibility index (Phi) is 4.02. The van der Waals surface area contributed by atoms with E-state index in [0.717, 1.165) is 0 Å². The molecule has 2 heterocycles. The van der Waals surface area contributed by atoms with Crippen LogP contribution in [0, 0.1) is 0 Å². The molecule has 0 fully saturated rings. The van der Waals surface area contributed by atoms with E-state index in [0.29, 0.717) is 27.2 Å². The van der Waals surface area contributed by atoms with Crippen LogP contribution in [0.4, 0.5) is 5.69 Å². The molecule has 1 amide bonds. The first kappa shape index (κ1) is 16.1. The Hall–Kier alpha value is -3.38. The highest BCUT2D eigenvalue weighted by Gasteiger charge is 2.15. The molecule has 2 aromatic heterocycles. The molecule has 0 aliphatic heterocycles. The molecule has 4 rings (SSSR count). The molecule has 0 radical (unpaired) electrons. The van der Waals surface area contributed by atoms with Gasteiger partial charge in [0.25, 0.3) is 5.91 Å². The zero-order valence-corrected chi connectivity index (χ0v) is 14.1. The number of nitrogens with zero attached hydrogens (tertiary/aromatic N) is 1. The number of aromatic nitrogens is 2. The van der Waals surface area contributed by atoms with Crippen molar-refractivity contribution < 1.29 is 9.21 Å². The fourth-order valence-corrected chi connectivity index (χ4v) is 2.80. The van der Waals surface area contributed by atoms with E-state index < -0.39 is 5.91 Å². The third-order valence-electron chi connectivity index (χ3n) is 3.86. The molecule has 6 nitrogen and oxygen atoms in total. The van der Waals surface area contributed by atoms with Gasteiger partial charge in [0.15, 0.2) is 11.1 Å². The lowest BCUT2D eigenvalue weighted by Gasteiger charge is -2.04. The van der Waals surface area contributed by atoms with Gasteiger partial charge in [0.05, 0.1) is 10.6 Å². The number of rotatable bonds is 3. The lowest BCUT2D eigenvalue weighted by atomic mass is 10.2. The van der Waals surface area contributed by atoms with Crippen LogP contribution in [0.15, 0.2) is 70.2 Å². The van der Waals surface area contributed by atoms with Gasteiger partial charge in [-0.1, -0.05) is 23.7 Å². The summed E-state index contributed by atoms with van der Waals surface area (Å²) in [5.41, 5.74) is 1.77. The Morgan fingerprint density at radius 3 is 2.85 bits per heavy atom. The number of nitrogens with one attached hydrogen (secondary N) is 2. The number of oxazole rings is 1. The third kappa shape index (κ3) is 2.98. The minimum atomic E-state index is -0.446. The summed E-state index contributed by atoms with van der Waals surface area (Å²) < 4.78 is 5.37. The van der Waals surface area contributed by atoms with Crippen LogP contribution in [0.2, 0.25) is 5.02 Å². The summed E-state index contributed by atoms with van der Waals surface area (Å²) >= 11 is 6.11. The highest BCUT2D eigenvalue weighted by Crippen LogP contribution is 2.27. The summed E-state index contributed by atoms with van der Waals surface area (Å²) in [6.07, 6.45) is 2.84. The first-order valence-electron chi connectivity index (χ1n) is 7.75. The van der Waals surface area contributed by atoms with E-state index in [1.807, 2.05) is 0 Å². The van der Waals surface area contributed by atoms with Crippen LogP contribution in [0.25, 0.3) is 22.4 Å². The molecule has 7 heteroatoms. The molecule has 0 bridgehead atoms. The predicted octanol–water partition coefficient (Wildman–Crippen LogP) is 4.09. The van der Waals surface area contributed by atoms with E-state index in [9.17, 15) is 9.59 Å². The van der Waals surface area contributed by atoms with Crippen molar-refractivity contribution in [3.8, 4) is 11.5 Å². The number of carbonyl (C=O) groups excluding carboxylic acids is 1. The standard InChI is InChI=1S/C19H12ClN3O3/c20-14-4-2-1-3-12(14)19-23-16(10-26-19)18(25)22-11-5-6-15-13(9-11)17(24)7-8-21-15/h1-10H,(H,21,24)(H,22,25). The van der Waals surface area contributed by atoms with Crippen LogP contribution in [0.3, 0.4) is 0 Å². The number of halogens is 1. The Morgan fingerprint density at radius 2 is 2.00 bits per heavy atom. The summed E-state index contributed by atoms with van der Waals surface area (Å²) in [6, 6.07) is 13.5. The zero-order valence-electron chi connectivity index (χ0n) is 13.3. The van der Waals surface area contributed by atoms with E-state index in [1.165, 1.54) is 12.3 Å². The van der Waals surface area contributed by atoms with Gasteiger partial charge in [-0.05, 0) is 30.3 Å². The molecule has 0 atom stereocenters. The Labute approximate surface area is 152 Å². The van der Waals surface area contributed by atoms with Gasteiger partial charge < -0.3 is 14.7 Å². The molecule has 128 valence electrons. The zero-order chi connectivity index (χ0) is 18.1. The van der Waals surface area contributed by atoms with Gasteiger partial charge >= 0.3 is 0 Å². The van der Waals surface area contributed by atoms with Crippen molar-refractivity contribution in [2.24, 2.45) is 0 Å². The van der Waals surface area contributed by atoms with Crippen LogP contribution in [0.5, 0.6) is 0 Å². The quantitative estimate of drug-likeness (QED) is 0.572. The molecular weight excluding hydrogens is 354 g/mol. The Bertz CT molecular complexity index is 1180. The number of pyridine rings is 1. The van der Waals surface area contributed by atoms with Crippen LogP contribution >= 0.6 is 11.6 Å². The lowest BCUT2D eigenvalue weighted by Crippen LogP contribution is -2.12. The maximum atomic E-state index is 12.4. The fourth-order valence-electron chi connectivity index (χ4n) is 2.58. The molecule has 2 aromatic carbocycles.